The van der Waals surface area contributed by atoms with Crippen LogP contribution in [0.5, 0.6) is 0 Å². The molecule has 1 fully saturated rings. The average Bonchev–Trinajstić information content (AvgIpc) is 3.14. The molecule has 2 aromatic rings. The highest BCUT2D eigenvalue weighted by molar-refractivity contribution is 5.83. The van der Waals surface area contributed by atoms with Crippen molar-refractivity contribution in [1.82, 2.24) is 10.6 Å². The zero-order valence-corrected chi connectivity index (χ0v) is 14.7. The third-order valence-electron chi connectivity index (χ3n) is 4.61. The highest BCUT2D eigenvalue weighted by Gasteiger charge is 2.34. The number of hydrogen-bond donors (Lipinski definition) is 2. The zero-order chi connectivity index (χ0) is 18.2. The van der Waals surface area contributed by atoms with Crippen LogP contribution in [0.4, 0.5) is 0 Å². The first kappa shape index (κ1) is 18.1. The molecule has 1 saturated heterocycles. The van der Waals surface area contributed by atoms with Crippen molar-refractivity contribution in [2.24, 2.45) is 5.92 Å². The Kier molecular flexibility index (Phi) is 6.39. The summed E-state index contributed by atoms with van der Waals surface area (Å²) in [6, 6.07) is 19.0. The lowest BCUT2D eigenvalue weighted by Crippen LogP contribution is -2.44. The fourth-order valence-electron chi connectivity index (χ4n) is 3.19. The molecule has 0 spiro atoms. The van der Waals surface area contributed by atoms with Gasteiger partial charge >= 0.3 is 5.97 Å². The van der Waals surface area contributed by atoms with E-state index in [4.69, 9.17) is 4.74 Å². The van der Waals surface area contributed by atoms with Crippen molar-refractivity contribution in [3.63, 3.8) is 0 Å². The Morgan fingerprint density at radius 3 is 2.35 bits per heavy atom. The molecular weight excluding hydrogens is 328 g/mol. The second kappa shape index (κ2) is 9.15. The Morgan fingerprint density at radius 2 is 1.65 bits per heavy atom. The molecule has 0 saturated carbocycles. The van der Waals surface area contributed by atoms with Crippen LogP contribution in [0.3, 0.4) is 0 Å². The molecule has 2 atom stereocenters. The molecule has 0 aliphatic carbocycles. The largest absolute Gasteiger partial charge is 0.461 e. The van der Waals surface area contributed by atoms with Gasteiger partial charge in [-0.05, 0) is 30.0 Å². The van der Waals surface area contributed by atoms with Crippen molar-refractivity contribution < 1.29 is 14.3 Å². The quantitative estimate of drug-likeness (QED) is 0.751. The molecule has 1 aliphatic heterocycles. The summed E-state index contributed by atoms with van der Waals surface area (Å²) < 4.78 is 5.35. The number of amides is 1. The fourth-order valence-corrected chi connectivity index (χ4v) is 3.19. The third kappa shape index (κ3) is 5.17. The van der Waals surface area contributed by atoms with E-state index in [-0.39, 0.29) is 36.9 Å². The van der Waals surface area contributed by atoms with E-state index in [0.29, 0.717) is 6.54 Å². The van der Waals surface area contributed by atoms with Gasteiger partial charge in [-0.2, -0.15) is 0 Å². The van der Waals surface area contributed by atoms with Gasteiger partial charge in [0.1, 0.15) is 6.61 Å². The molecule has 0 unspecified atom stereocenters. The average molecular weight is 352 g/mol. The molecule has 2 N–H and O–H groups in total. The van der Waals surface area contributed by atoms with E-state index in [0.717, 1.165) is 24.1 Å². The number of carbonyl (C=O) groups excluding carboxylic acids is 2. The van der Waals surface area contributed by atoms with Gasteiger partial charge in [-0.25, -0.2) is 0 Å². The van der Waals surface area contributed by atoms with Gasteiger partial charge in [0.15, 0.2) is 0 Å². The monoisotopic (exact) mass is 352 g/mol. The summed E-state index contributed by atoms with van der Waals surface area (Å²) in [5.41, 5.74) is 2.01. The van der Waals surface area contributed by atoms with Gasteiger partial charge in [0.25, 0.3) is 0 Å². The summed E-state index contributed by atoms with van der Waals surface area (Å²) in [7, 11) is 0. The van der Waals surface area contributed by atoms with Crippen molar-refractivity contribution in [3.05, 3.63) is 71.8 Å². The first-order chi connectivity index (χ1) is 12.7. The Balaban J connectivity index is 1.46. The fraction of sp³-hybridized carbons (Fsp3) is 0.333. The minimum atomic E-state index is -0.344. The summed E-state index contributed by atoms with van der Waals surface area (Å²) in [6.07, 6.45) is 1.05. The maximum absolute atomic E-state index is 12.5. The van der Waals surface area contributed by atoms with Crippen LogP contribution in [0, 0.1) is 5.92 Å². The molecule has 1 amide bonds. The first-order valence-corrected chi connectivity index (χ1v) is 8.97. The van der Waals surface area contributed by atoms with E-state index in [1.165, 1.54) is 0 Å². The molecule has 0 radical (unpaired) electrons. The van der Waals surface area contributed by atoms with Crippen LogP contribution >= 0.6 is 0 Å². The molecule has 1 aliphatic rings. The van der Waals surface area contributed by atoms with Gasteiger partial charge < -0.3 is 15.4 Å². The van der Waals surface area contributed by atoms with Gasteiger partial charge in [0.2, 0.25) is 5.91 Å². The van der Waals surface area contributed by atoms with Crippen LogP contribution < -0.4 is 10.6 Å². The topological polar surface area (TPSA) is 67.4 Å². The van der Waals surface area contributed by atoms with Gasteiger partial charge in [0, 0.05) is 6.54 Å². The van der Waals surface area contributed by atoms with Crippen LogP contribution in [0.1, 0.15) is 24.0 Å². The summed E-state index contributed by atoms with van der Waals surface area (Å²) in [5, 5.41) is 6.15. The van der Waals surface area contributed by atoms with Crippen LogP contribution in [-0.4, -0.2) is 24.5 Å². The maximum atomic E-state index is 12.5. The van der Waals surface area contributed by atoms with E-state index < -0.39 is 0 Å². The standard InChI is InChI=1S/C21H24N2O3/c24-19(26-15-17-9-5-2-6-10-17)13-18-11-12-22-20(18)21(25)23-14-16-7-3-1-4-8-16/h1-10,18,20,22H,11-15H2,(H,23,25)/t18-,20-/m1/s1. The Labute approximate surface area is 153 Å². The van der Waals surface area contributed by atoms with E-state index >= 15 is 0 Å². The van der Waals surface area contributed by atoms with Gasteiger partial charge in [-0.15, -0.1) is 0 Å². The number of esters is 1. The minimum Gasteiger partial charge on any atom is -0.461 e. The molecule has 2 aromatic carbocycles. The Morgan fingerprint density at radius 1 is 1.00 bits per heavy atom. The van der Waals surface area contributed by atoms with E-state index in [2.05, 4.69) is 10.6 Å². The predicted octanol–water partition coefficient (Wildman–Crippen LogP) is 2.41. The highest BCUT2D eigenvalue weighted by Crippen LogP contribution is 2.21. The summed E-state index contributed by atoms with van der Waals surface area (Å²) in [5.74, 6) is -0.357. The van der Waals surface area contributed by atoms with Crippen LogP contribution in [0.25, 0.3) is 0 Å². The number of hydrogen-bond acceptors (Lipinski definition) is 4. The second-order valence-electron chi connectivity index (χ2n) is 6.53. The van der Waals surface area contributed by atoms with Crippen molar-refractivity contribution in [2.45, 2.75) is 32.0 Å². The van der Waals surface area contributed by atoms with E-state index in [1.807, 2.05) is 60.7 Å². The van der Waals surface area contributed by atoms with Gasteiger partial charge in [-0.3, -0.25) is 9.59 Å². The molecular formula is C21H24N2O3. The molecule has 3 rings (SSSR count). The minimum absolute atomic E-state index is 0.0333. The van der Waals surface area contributed by atoms with E-state index in [9.17, 15) is 9.59 Å². The van der Waals surface area contributed by atoms with Crippen molar-refractivity contribution in [3.8, 4) is 0 Å². The first-order valence-electron chi connectivity index (χ1n) is 8.97. The Hall–Kier alpha value is -2.66. The number of benzene rings is 2. The maximum Gasteiger partial charge on any atom is 0.306 e. The van der Waals surface area contributed by atoms with Gasteiger partial charge in [-0.1, -0.05) is 60.7 Å². The summed E-state index contributed by atoms with van der Waals surface area (Å²) in [6.45, 7) is 1.49. The highest BCUT2D eigenvalue weighted by atomic mass is 16.5. The Bertz CT molecular complexity index is 719. The number of nitrogens with one attached hydrogen (secondary N) is 2. The molecule has 5 nitrogen and oxygen atoms in total. The lowest BCUT2D eigenvalue weighted by Gasteiger charge is -2.18. The lowest BCUT2D eigenvalue weighted by atomic mass is 9.96. The second-order valence-corrected chi connectivity index (χ2v) is 6.53. The summed E-state index contributed by atoms with van der Waals surface area (Å²) >= 11 is 0. The molecule has 0 aromatic heterocycles. The predicted molar refractivity (Wildman–Crippen MR) is 99.0 cm³/mol. The molecule has 1 heterocycles. The van der Waals surface area contributed by atoms with Crippen LogP contribution in [0.2, 0.25) is 0 Å². The SMILES string of the molecule is O=C(C[C@H]1CCN[C@H]1C(=O)NCc1ccccc1)OCc1ccccc1. The molecule has 26 heavy (non-hydrogen) atoms. The van der Waals surface area contributed by atoms with Crippen LogP contribution in [0.15, 0.2) is 60.7 Å². The lowest BCUT2D eigenvalue weighted by molar-refractivity contribution is -0.146. The van der Waals surface area contributed by atoms with Crippen LogP contribution in [-0.2, 0) is 27.5 Å². The van der Waals surface area contributed by atoms with Crippen molar-refractivity contribution in [1.29, 1.82) is 0 Å². The normalized spacial score (nSPS) is 19.1. The smallest absolute Gasteiger partial charge is 0.306 e. The van der Waals surface area contributed by atoms with Gasteiger partial charge in [0.05, 0.1) is 12.5 Å². The molecule has 0 bridgehead atoms. The number of ether oxygens (including phenoxy) is 1. The molecule has 136 valence electrons. The van der Waals surface area contributed by atoms with Crippen molar-refractivity contribution >= 4 is 11.9 Å². The number of rotatable bonds is 7. The number of carbonyl (C=O) groups is 2. The zero-order valence-electron chi connectivity index (χ0n) is 14.7. The molecule has 5 heteroatoms. The van der Waals surface area contributed by atoms with E-state index in [1.54, 1.807) is 0 Å². The third-order valence-corrected chi connectivity index (χ3v) is 4.61. The summed E-state index contributed by atoms with van der Waals surface area (Å²) in [4.78, 5) is 24.6. The van der Waals surface area contributed by atoms with Crippen molar-refractivity contribution in [2.75, 3.05) is 6.54 Å².